The Labute approximate surface area is 743 Å². The Bertz CT molecular complexity index is 3930. The van der Waals surface area contributed by atoms with Gasteiger partial charge in [-0.25, -0.2) is 4.79 Å². The Kier molecular flexibility index (Phi) is 31.1. The molecule has 4 saturated carbocycles. The number of nitrogens with one attached hydrogen (secondary N) is 1. The summed E-state index contributed by atoms with van der Waals surface area (Å²) >= 11 is 0. The van der Waals surface area contributed by atoms with Crippen molar-refractivity contribution >= 4 is 17.8 Å². The number of esters is 2. The van der Waals surface area contributed by atoms with E-state index in [9.17, 15) is 127 Å². The maximum absolute atomic E-state index is 16.6. The van der Waals surface area contributed by atoms with E-state index >= 15 is 4.79 Å². The van der Waals surface area contributed by atoms with Crippen LogP contribution in [0.2, 0.25) is 0 Å². The van der Waals surface area contributed by atoms with Crippen molar-refractivity contribution in [2.75, 3.05) is 19.8 Å². The first-order chi connectivity index (χ1) is 60.3. The minimum Gasteiger partial charge on any atom is -0.458 e. The van der Waals surface area contributed by atoms with Crippen molar-refractivity contribution < 1.29 is 212 Å². The van der Waals surface area contributed by atoms with E-state index in [0.29, 0.717) is 32.1 Å². The zero-order valence-corrected chi connectivity index (χ0v) is 74.0. The topological polar surface area (TPSA) is 685 Å². The van der Waals surface area contributed by atoms with Crippen molar-refractivity contribution in [2.24, 2.45) is 50.2 Å². The highest BCUT2D eigenvalue weighted by Gasteiger charge is 2.74. The molecular formula is C85H135NO43. The van der Waals surface area contributed by atoms with Gasteiger partial charge in [0.1, 0.15) is 152 Å². The van der Waals surface area contributed by atoms with E-state index in [1.54, 1.807) is 20.8 Å². The number of allylic oxidation sites excluding steroid dienone is 3. The minimum atomic E-state index is -2.38. The van der Waals surface area contributed by atoms with Gasteiger partial charge in [0.05, 0.1) is 61.5 Å². The number of carbonyl (C=O) groups is 3. The monoisotopic (exact) mass is 1860 g/mol. The molecule has 0 aromatic heterocycles. The van der Waals surface area contributed by atoms with Gasteiger partial charge in [-0.15, -0.1) is 6.58 Å². The first kappa shape index (κ1) is 103. The first-order valence-electron chi connectivity index (χ1n) is 44.3. The van der Waals surface area contributed by atoms with Gasteiger partial charge in [-0.2, -0.15) is 0 Å². The lowest BCUT2D eigenvalue weighted by atomic mass is 9.33. The Morgan fingerprint density at radius 1 is 0.519 bits per heavy atom. The smallest absolute Gasteiger partial charge is 0.336 e. The fraction of sp³-hybridized carbons (Fsp3) is 0.894. The number of ether oxygens (including phenoxy) is 17. The Hall–Kier alpha value is -3.89. The zero-order valence-electron chi connectivity index (χ0n) is 74.0. The molecule has 13 rings (SSSR count). The third-order valence-electron chi connectivity index (χ3n) is 30.9. The van der Waals surface area contributed by atoms with Crippen molar-refractivity contribution in [1.29, 1.82) is 0 Å². The lowest BCUT2D eigenvalue weighted by Crippen LogP contribution is -2.70. The van der Waals surface area contributed by atoms with Crippen molar-refractivity contribution in [3.63, 3.8) is 0 Å². The molecule has 0 aromatic carbocycles. The molecule has 0 aromatic rings. The molecular weight excluding hydrogens is 1720 g/mol. The third-order valence-corrected chi connectivity index (χ3v) is 30.9. The van der Waals surface area contributed by atoms with Gasteiger partial charge in [-0.3, -0.25) is 9.59 Å². The second kappa shape index (κ2) is 39.2. The van der Waals surface area contributed by atoms with Crippen molar-refractivity contribution in [3.8, 4) is 0 Å². The third kappa shape index (κ3) is 19.0. The Balaban J connectivity index is 0.791. The maximum Gasteiger partial charge on any atom is 0.336 e. The van der Waals surface area contributed by atoms with Crippen molar-refractivity contribution in [2.45, 2.75) is 405 Å². The summed E-state index contributed by atoms with van der Waals surface area (Å²) in [5, 5.41) is 258. The van der Waals surface area contributed by atoms with Crippen LogP contribution in [0.1, 0.15) is 147 Å². The molecule has 0 bridgehead atoms. The van der Waals surface area contributed by atoms with Crippen molar-refractivity contribution in [3.05, 3.63) is 36.0 Å². The lowest BCUT2D eigenvalue weighted by Gasteiger charge is -2.72. The summed E-state index contributed by atoms with van der Waals surface area (Å²) in [6, 6.07) is -1.37. The molecule has 8 saturated heterocycles. The molecule has 24 N–H and O–H groups in total. The lowest BCUT2D eigenvalue weighted by molar-refractivity contribution is -0.404. The largest absolute Gasteiger partial charge is 0.458 e. The van der Waals surface area contributed by atoms with Gasteiger partial charge >= 0.3 is 11.9 Å². The van der Waals surface area contributed by atoms with Crippen LogP contribution in [0.15, 0.2) is 36.0 Å². The van der Waals surface area contributed by atoms with Gasteiger partial charge in [0, 0.05) is 18.8 Å². The normalized spacial score (nSPS) is 51.6. The Morgan fingerprint density at radius 3 is 1.67 bits per heavy atom. The number of rotatable bonds is 25. The van der Waals surface area contributed by atoms with Crippen LogP contribution in [0.3, 0.4) is 0 Å². The van der Waals surface area contributed by atoms with E-state index in [-0.39, 0.29) is 43.1 Å². The molecule has 44 heteroatoms. The fourth-order valence-corrected chi connectivity index (χ4v) is 22.8. The second-order valence-electron chi connectivity index (χ2n) is 39.8. The summed E-state index contributed by atoms with van der Waals surface area (Å²) < 4.78 is 102. The van der Waals surface area contributed by atoms with Gasteiger partial charge in [0.2, 0.25) is 12.2 Å². The van der Waals surface area contributed by atoms with E-state index in [0.717, 1.165) is 5.57 Å². The second-order valence-corrected chi connectivity index (χ2v) is 39.8. The summed E-state index contributed by atoms with van der Waals surface area (Å²) in [5.74, 6) is -4.38. The van der Waals surface area contributed by atoms with E-state index in [2.05, 4.69) is 45.7 Å². The first-order valence-corrected chi connectivity index (χ1v) is 44.3. The van der Waals surface area contributed by atoms with Gasteiger partial charge in [-0.05, 0) is 125 Å². The molecule has 12 fully saturated rings. The molecule has 738 valence electrons. The highest BCUT2D eigenvalue weighted by molar-refractivity contribution is 5.89. The van der Waals surface area contributed by atoms with Crippen LogP contribution in [0, 0.1) is 50.2 Å². The highest BCUT2D eigenvalue weighted by Crippen LogP contribution is 2.76. The van der Waals surface area contributed by atoms with Crippen LogP contribution in [0.5, 0.6) is 0 Å². The van der Waals surface area contributed by atoms with Crippen LogP contribution < -0.4 is 5.32 Å². The predicted molar refractivity (Wildman–Crippen MR) is 426 cm³/mol. The summed E-state index contributed by atoms with van der Waals surface area (Å²) in [6.07, 6.45) is -65.4. The molecule has 13 aliphatic rings. The molecule has 0 radical (unpaired) electrons. The van der Waals surface area contributed by atoms with Crippen LogP contribution >= 0.6 is 0 Å². The van der Waals surface area contributed by atoms with E-state index in [4.69, 9.17) is 80.5 Å². The number of amides is 1. The molecule has 44 nitrogen and oxygen atoms in total. The average molecular weight is 1860 g/mol. The fourth-order valence-electron chi connectivity index (χ4n) is 22.8. The molecule has 129 heavy (non-hydrogen) atoms. The SMILES string of the molecule is C=CC(C)(CCC=C(CO)C(=O)OC1CC2(C(=O)OC3OC(O)C(O)C(O)C3OC3OC(C)C(OC4OC(O)C(O)C4O)C(OC4OC(O)C(O)C(O)C4O)C3O)C(O)CC3(C)C(=CCC4C5(C)CCC(OC6OC(COC7OC(C)C(O)C(O)C7OC7OCC(O)C(O)C7O)C(O)C(O)C6NC(C)=O)C(C)(C)C5CCC43C)C2CC1(C)C)OC1OC(C)C(O)C(O)C1O. The van der Waals surface area contributed by atoms with Gasteiger partial charge in [-0.1, -0.05) is 72.3 Å². The van der Waals surface area contributed by atoms with Gasteiger partial charge in [0.15, 0.2) is 69.0 Å². The van der Waals surface area contributed by atoms with Crippen LogP contribution in [-0.2, 0) is 94.9 Å². The summed E-state index contributed by atoms with van der Waals surface area (Å²) in [4.78, 5) is 44.5. The molecule has 8 heterocycles. The predicted octanol–water partition coefficient (Wildman–Crippen LogP) is -7.23. The molecule has 49 atom stereocenters. The Morgan fingerprint density at radius 2 is 1.05 bits per heavy atom. The maximum atomic E-state index is 16.6. The standard InChI is InChI=1S/C85H135NO43/c1-14-81(10,129-75-59(105)50(96)45(91)30(2)115-75)21-15-16-34(27-87)66(108)119-43-26-85(78(112)128-77-65(53(99)55(101)68(110)127-77)124-74-61(107)63(122-72-58(104)51(97)54(100)67(109)125-72)62(32(4)117-74)121-73-60(106)56(102)69(111)126-73)36(24-79(43,6)7)35-17-18-40-82(11)22-20-42(80(8,9)39(82)19-23-83(40,12)84(35,13)25-41(85)90)120-70-44(86-33(5)88)49(95)48(94)38(118-70)29-114-76-64(52(98)46(92)31(3)116-76)123-71-57(103)47(93)37(89)28-113-71/h14,16-17,30-32,36-65,67-77,87,89-107,109-111H,1,15,18-29H2,2-13H3,(H,86,88). The number of aliphatic hydroxyl groups is 23. The minimum absolute atomic E-state index is 0.0231. The van der Waals surface area contributed by atoms with Crippen LogP contribution in [-0.4, -0.2) is 413 Å². The van der Waals surface area contributed by atoms with E-state index < -0.39 is 340 Å². The van der Waals surface area contributed by atoms with Crippen LogP contribution in [0.4, 0.5) is 0 Å². The molecule has 1 amide bonds. The van der Waals surface area contributed by atoms with Gasteiger partial charge < -0.3 is 203 Å². The number of aliphatic hydroxyl groups excluding tert-OH is 23. The zero-order chi connectivity index (χ0) is 94.8. The highest BCUT2D eigenvalue weighted by atomic mass is 16.8. The van der Waals surface area contributed by atoms with Crippen molar-refractivity contribution in [1.82, 2.24) is 5.32 Å². The summed E-state index contributed by atoms with van der Waals surface area (Å²) in [7, 11) is 0. The molecule has 8 aliphatic heterocycles. The van der Waals surface area contributed by atoms with Crippen LogP contribution in [0.25, 0.3) is 0 Å². The van der Waals surface area contributed by atoms with E-state index in [1.807, 2.05) is 6.92 Å². The average Bonchev–Trinajstić information content (AvgIpc) is 0.944. The number of hydrogen-bond acceptors (Lipinski definition) is 43. The molecule has 0 spiro atoms. The quantitative estimate of drug-likeness (QED) is 0.0175. The number of carbonyl (C=O) groups excluding carboxylic acids is 3. The van der Waals surface area contributed by atoms with Gasteiger partial charge in [0.25, 0.3) is 0 Å². The number of hydrogen-bond donors (Lipinski definition) is 24. The number of fused-ring (bicyclic) bond motifs is 7. The van der Waals surface area contributed by atoms with E-state index in [1.165, 1.54) is 39.8 Å². The summed E-state index contributed by atoms with van der Waals surface area (Å²) in [6.45, 7) is 23.0. The molecule has 5 aliphatic carbocycles. The summed E-state index contributed by atoms with van der Waals surface area (Å²) in [5.41, 5.74) is -7.37. The molecule has 49 unspecified atom stereocenters.